The Morgan fingerprint density at radius 2 is 1.79 bits per heavy atom. The van der Waals surface area contributed by atoms with Gasteiger partial charge in [-0.25, -0.2) is 17.5 Å². The first-order chi connectivity index (χ1) is 15.9. The molecule has 12 heteroatoms. The standard InChI is InChI=1S/C22H17F3N4O4S/c1-34(32,33)29-20(14-7-5-13(12-26)6-8-14)19-16(3-2-4-17(19)30)28(21(29)31)15-9-10-27-18(11-15)22(23,24)25/h5-11,20H,2-4H2,1H3. The number of ketones is 1. The smallest absolute Gasteiger partial charge is 0.294 e. The summed E-state index contributed by atoms with van der Waals surface area (Å²) in [6.07, 6.45) is -2.52. The van der Waals surface area contributed by atoms with Gasteiger partial charge in [-0.15, -0.1) is 0 Å². The molecule has 176 valence electrons. The Kier molecular flexibility index (Phi) is 5.69. The maximum absolute atomic E-state index is 13.6. The van der Waals surface area contributed by atoms with Gasteiger partial charge in [0.2, 0.25) is 10.0 Å². The van der Waals surface area contributed by atoms with Crippen LogP contribution in [-0.2, 0) is 21.0 Å². The fraction of sp³-hybridized carbons (Fsp3) is 0.273. The predicted octanol–water partition coefficient (Wildman–Crippen LogP) is 3.92. The summed E-state index contributed by atoms with van der Waals surface area (Å²) < 4.78 is 65.9. The molecule has 1 atom stereocenters. The van der Waals surface area contributed by atoms with Gasteiger partial charge in [-0.05, 0) is 42.7 Å². The summed E-state index contributed by atoms with van der Waals surface area (Å²) in [6, 6.07) is 7.07. The fourth-order valence-corrected chi connectivity index (χ4v) is 5.16. The van der Waals surface area contributed by atoms with Crippen molar-refractivity contribution in [1.82, 2.24) is 9.29 Å². The maximum atomic E-state index is 13.6. The number of carbonyl (C=O) groups is 2. The number of halogens is 3. The van der Waals surface area contributed by atoms with Crippen LogP contribution in [0.25, 0.3) is 0 Å². The lowest BCUT2D eigenvalue weighted by molar-refractivity contribution is -0.141. The van der Waals surface area contributed by atoms with Crippen molar-refractivity contribution in [3.05, 3.63) is 70.7 Å². The molecule has 1 aliphatic carbocycles. The number of anilines is 1. The number of benzene rings is 1. The molecule has 2 amide bonds. The van der Waals surface area contributed by atoms with Crippen molar-refractivity contribution >= 4 is 27.5 Å². The molecule has 1 unspecified atom stereocenters. The number of alkyl halides is 3. The van der Waals surface area contributed by atoms with Crippen LogP contribution >= 0.6 is 0 Å². The summed E-state index contributed by atoms with van der Waals surface area (Å²) in [6.45, 7) is 0. The third kappa shape index (κ3) is 4.03. The van der Waals surface area contributed by atoms with E-state index in [-0.39, 0.29) is 35.4 Å². The molecule has 0 N–H and O–H groups in total. The van der Waals surface area contributed by atoms with Crippen molar-refractivity contribution in [3.8, 4) is 6.07 Å². The fourth-order valence-electron chi connectivity index (χ4n) is 4.19. The van der Waals surface area contributed by atoms with E-state index in [1.165, 1.54) is 24.3 Å². The number of hydrogen-bond donors (Lipinski definition) is 0. The van der Waals surface area contributed by atoms with Gasteiger partial charge in [0.05, 0.1) is 23.6 Å². The van der Waals surface area contributed by atoms with E-state index in [4.69, 9.17) is 5.26 Å². The van der Waals surface area contributed by atoms with Crippen molar-refractivity contribution in [2.75, 3.05) is 11.2 Å². The minimum Gasteiger partial charge on any atom is -0.294 e. The van der Waals surface area contributed by atoms with Gasteiger partial charge in [0.25, 0.3) is 0 Å². The second-order valence-electron chi connectivity index (χ2n) is 7.85. The van der Waals surface area contributed by atoms with Crippen LogP contribution in [0.1, 0.15) is 42.1 Å². The quantitative estimate of drug-likeness (QED) is 0.645. The van der Waals surface area contributed by atoms with E-state index in [1.807, 2.05) is 6.07 Å². The average molecular weight is 490 g/mol. The Balaban J connectivity index is 1.99. The van der Waals surface area contributed by atoms with Gasteiger partial charge in [-0.1, -0.05) is 12.1 Å². The molecule has 1 aromatic carbocycles. The van der Waals surface area contributed by atoms with E-state index in [9.17, 15) is 31.2 Å². The number of urea groups is 1. The van der Waals surface area contributed by atoms with Gasteiger partial charge in [0, 0.05) is 23.9 Å². The summed E-state index contributed by atoms with van der Waals surface area (Å²) >= 11 is 0. The highest BCUT2D eigenvalue weighted by Gasteiger charge is 2.48. The van der Waals surface area contributed by atoms with Crippen molar-refractivity contribution in [3.63, 3.8) is 0 Å². The van der Waals surface area contributed by atoms with Crippen molar-refractivity contribution in [2.45, 2.75) is 31.5 Å². The number of rotatable bonds is 3. The van der Waals surface area contributed by atoms with Crippen LogP contribution in [0.15, 0.2) is 53.9 Å². The molecule has 8 nitrogen and oxygen atoms in total. The zero-order chi connectivity index (χ0) is 24.8. The molecule has 4 rings (SSSR count). The number of aromatic nitrogens is 1. The lowest BCUT2D eigenvalue weighted by Gasteiger charge is -2.44. The predicted molar refractivity (Wildman–Crippen MR) is 114 cm³/mol. The van der Waals surface area contributed by atoms with Crippen molar-refractivity contribution < 1.29 is 31.2 Å². The molecule has 2 aromatic rings. The number of carbonyl (C=O) groups excluding carboxylic acids is 2. The monoisotopic (exact) mass is 490 g/mol. The van der Waals surface area contributed by atoms with E-state index in [0.29, 0.717) is 22.4 Å². The summed E-state index contributed by atoms with van der Waals surface area (Å²) in [4.78, 5) is 30.8. The van der Waals surface area contributed by atoms with E-state index < -0.39 is 39.7 Å². The van der Waals surface area contributed by atoms with Gasteiger partial charge >= 0.3 is 12.2 Å². The number of nitriles is 1. The summed E-state index contributed by atoms with van der Waals surface area (Å²) in [5.41, 5.74) is -0.769. The largest absolute Gasteiger partial charge is 0.433 e. The first-order valence-electron chi connectivity index (χ1n) is 10.1. The molecular formula is C22H17F3N4O4S. The number of amides is 2. The lowest BCUT2D eigenvalue weighted by Crippen LogP contribution is -2.53. The van der Waals surface area contributed by atoms with E-state index >= 15 is 0 Å². The molecule has 2 heterocycles. The van der Waals surface area contributed by atoms with Crippen LogP contribution in [0.2, 0.25) is 0 Å². The number of nitrogens with zero attached hydrogens (tertiary/aromatic N) is 4. The van der Waals surface area contributed by atoms with Crippen molar-refractivity contribution in [1.29, 1.82) is 5.26 Å². The highest BCUT2D eigenvalue weighted by Crippen LogP contribution is 2.45. The van der Waals surface area contributed by atoms with Crippen LogP contribution < -0.4 is 4.90 Å². The number of sulfonamides is 1. The van der Waals surface area contributed by atoms with E-state index in [0.717, 1.165) is 23.4 Å². The first kappa shape index (κ1) is 23.4. The lowest BCUT2D eigenvalue weighted by atomic mass is 9.84. The Bertz CT molecular complexity index is 1360. The van der Waals surface area contributed by atoms with Gasteiger partial charge in [0.15, 0.2) is 5.78 Å². The third-order valence-electron chi connectivity index (χ3n) is 5.59. The molecule has 0 spiro atoms. The molecule has 0 radical (unpaired) electrons. The minimum absolute atomic E-state index is 0.0198. The molecule has 0 saturated heterocycles. The molecule has 1 aromatic heterocycles. The number of Topliss-reactive ketones (excluding diaryl/α,β-unsaturated/α-hetero) is 1. The average Bonchev–Trinajstić information content (AvgIpc) is 2.77. The van der Waals surface area contributed by atoms with Gasteiger partial charge in [-0.2, -0.15) is 18.4 Å². The van der Waals surface area contributed by atoms with Crippen LogP contribution in [0.5, 0.6) is 0 Å². The second-order valence-corrected chi connectivity index (χ2v) is 9.71. The van der Waals surface area contributed by atoms with Gasteiger partial charge in [0.1, 0.15) is 11.7 Å². The molecular weight excluding hydrogens is 473 g/mol. The van der Waals surface area contributed by atoms with E-state index in [1.54, 1.807) is 0 Å². The number of pyridine rings is 1. The molecule has 0 saturated carbocycles. The summed E-state index contributed by atoms with van der Waals surface area (Å²) in [5.74, 6) is -0.410. The van der Waals surface area contributed by atoms with Crippen LogP contribution in [0, 0.1) is 11.3 Å². The SMILES string of the molecule is CS(=O)(=O)N1C(=O)N(c2ccnc(C(F)(F)F)c2)C2=C(C(=O)CCC2)C1c1ccc(C#N)cc1. The molecule has 1 aliphatic heterocycles. The zero-order valence-corrected chi connectivity index (χ0v) is 18.5. The Hall–Kier alpha value is -3.72. The van der Waals surface area contributed by atoms with Crippen LogP contribution in [0.3, 0.4) is 0 Å². The van der Waals surface area contributed by atoms with Crippen molar-refractivity contribution in [2.24, 2.45) is 0 Å². The summed E-state index contributed by atoms with van der Waals surface area (Å²) in [7, 11) is -4.29. The van der Waals surface area contributed by atoms with Gasteiger partial charge in [-0.3, -0.25) is 14.7 Å². The first-order valence-corrected chi connectivity index (χ1v) is 11.9. The summed E-state index contributed by atoms with van der Waals surface area (Å²) in [5, 5.41) is 9.07. The highest BCUT2D eigenvalue weighted by atomic mass is 32.2. The molecule has 2 aliphatic rings. The molecule has 34 heavy (non-hydrogen) atoms. The minimum atomic E-state index is -4.80. The third-order valence-corrected chi connectivity index (χ3v) is 6.67. The van der Waals surface area contributed by atoms with E-state index in [2.05, 4.69) is 4.98 Å². The maximum Gasteiger partial charge on any atom is 0.433 e. The topological polar surface area (TPSA) is 111 Å². The zero-order valence-electron chi connectivity index (χ0n) is 17.7. The Labute approximate surface area is 193 Å². The Morgan fingerprint density at radius 1 is 1.12 bits per heavy atom. The van der Waals surface area contributed by atoms with Gasteiger partial charge < -0.3 is 0 Å². The Morgan fingerprint density at radius 3 is 2.38 bits per heavy atom. The number of hydrogen-bond acceptors (Lipinski definition) is 6. The molecule has 0 fully saturated rings. The van der Waals surface area contributed by atoms with Crippen LogP contribution in [0.4, 0.5) is 23.7 Å². The van der Waals surface area contributed by atoms with Crippen LogP contribution in [-0.4, -0.2) is 35.8 Å². The highest BCUT2D eigenvalue weighted by molar-refractivity contribution is 7.88. The molecule has 0 bridgehead atoms. The number of allylic oxidation sites excluding steroid dienone is 1. The second kappa shape index (κ2) is 8.25. The normalized spacial score (nSPS) is 19.2.